The number of carbonyl (C=O) groups excluding carboxylic acids is 2. The number of nitrogens with one attached hydrogen (secondary N) is 3. The van der Waals surface area contributed by atoms with Crippen molar-refractivity contribution < 1.29 is 14.3 Å². The van der Waals surface area contributed by atoms with Crippen LogP contribution in [0.5, 0.6) is 0 Å². The molecule has 1 saturated carbocycles. The summed E-state index contributed by atoms with van der Waals surface area (Å²) in [5, 5.41) is 16.9. The van der Waals surface area contributed by atoms with Crippen LogP contribution in [0.1, 0.15) is 44.7 Å². The van der Waals surface area contributed by atoms with E-state index in [-0.39, 0.29) is 29.9 Å². The summed E-state index contributed by atoms with van der Waals surface area (Å²) in [5.74, 6) is -0.108. The highest BCUT2D eigenvalue weighted by Crippen LogP contribution is 2.27. The summed E-state index contributed by atoms with van der Waals surface area (Å²) in [6.45, 7) is 3.65. The maximum absolute atomic E-state index is 12.6. The minimum absolute atomic E-state index is 0.0160. The Morgan fingerprint density at radius 3 is 2.97 bits per heavy atom. The van der Waals surface area contributed by atoms with Gasteiger partial charge in [-0.2, -0.15) is 10.2 Å². The molecule has 2 aromatic rings. The second-order valence-electron chi connectivity index (χ2n) is 7.41. The van der Waals surface area contributed by atoms with Gasteiger partial charge < -0.3 is 15.4 Å². The average Bonchev–Trinajstić information content (AvgIpc) is 3.43. The molecular formula is C20H30N6O3. The van der Waals surface area contributed by atoms with Gasteiger partial charge in [-0.1, -0.05) is 6.92 Å². The first-order chi connectivity index (χ1) is 14.2. The van der Waals surface area contributed by atoms with E-state index in [1.807, 2.05) is 18.3 Å². The Hall–Kier alpha value is -2.68. The van der Waals surface area contributed by atoms with Crippen LogP contribution in [0.4, 0.5) is 0 Å². The lowest BCUT2D eigenvalue weighted by Gasteiger charge is -2.36. The Kier molecular flexibility index (Phi) is 7.80. The van der Waals surface area contributed by atoms with E-state index in [2.05, 4.69) is 32.9 Å². The summed E-state index contributed by atoms with van der Waals surface area (Å²) < 4.78 is 7.74. The van der Waals surface area contributed by atoms with Crippen LogP contribution in [0.15, 0.2) is 30.7 Å². The lowest BCUT2D eigenvalue weighted by Crippen LogP contribution is -2.50. The second-order valence-corrected chi connectivity index (χ2v) is 7.41. The van der Waals surface area contributed by atoms with E-state index in [0.717, 1.165) is 25.0 Å². The number of hydrogen-bond donors (Lipinski definition) is 3. The lowest BCUT2D eigenvalue weighted by molar-refractivity contribution is -0.129. The third-order valence-corrected chi connectivity index (χ3v) is 5.18. The second kappa shape index (κ2) is 10.8. The van der Waals surface area contributed by atoms with E-state index in [0.29, 0.717) is 32.5 Å². The topological polar surface area (TPSA) is 114 Å². The van der Waals surface area contributed by atoms with Gasteiger partial charge in [0.2, 0.25) is 11.8 Å². The van der Waals surface area contributed by atoms with Gasteiger partial charge in [-0.05, 0) is 37.8 Å². The van der Waals surface area contributed by atoms with Crippen LogP contribution in [-0.4, -0.2) is 50.5 Å². The minimum atomic E-state index is -0.153. The first kappa shape index (κ1) is 21.0. The van der Waals surface area contributed by atoms with Crippen molar-refractivity contribution in [3.63, 3.8) is 0 Å². The highest BCUT2D eigenvalue weighted by atomic mass is 16.5. The molecule has 3 N–H and O–H groups in total. The summed E-state index contributed by atoms with van der Waals surface area (Å²) in [4.78, 5) is 25.0. The number of aromatic amines is 1. The van der Waals surface area contributed by atoms with Crippen LogP contribution in [0.25, 0.3) is 0 Å². The molecule has 1 aliphatic carbocycles. The van der Waals surface area contributed by atoms with Gasteiger partial charge in [-0.3, -0.25) is 19.4 Å². The van der Waals surface area contributed by atoms with Crippen molar-refractivity contribution >= 4 is 11.8 Å². The van der Waals surface area contributed by atoms with Crippen LogP contribution in [0, 0.1) is 5.92 Å². The molecule has 0 radical (unpaired) electrons. The maximum atomic E-state index is 12.6. The van der Waals surface area contributed by atoms with Gasteiger partial charge >= 0.3 is 0 Å². The lowest BCUT2D eigenvalue weighted by atomic mass is 9.83. The molecular weight excluding hydrogens is 372 g/mol. The van der Waals surface area contributed by atoms with E-state index in [4.69, 9.17) is 4.74 Å². The zero-order chi connectivity index (χ0) is 20.5. The van der Waals surface area contributed by atoms with Gasteiger partial charge in [-0.15, -0.1) is 0 Å². The van der Waals surface area contributed by atoms with Gasteiger partial charge in [0.1, 0.15) is 0 Å². The van der Waals surface area contributed by atoms with Crippen molar-refractivity contribution in [3.8, 4) is 0 Å². The SMILES string of the molecule is CCCO[C@@H]1C[C@@H](C(=O)NCc2ccn[nH]2)CC[C@H]1NC(=O)CCn1cccn1. The largest absolute Gasteiger partial charge is 0.376 e. The summed E-state index contributed by atoms with van der Waals surface area (Å²) in [5.41, 5.74) is 0.871. The van der Waals surface area contributed by atoms with E-state index in [9.17, 15) is 9.59 Å². The summed E-state index contributed by atoms with van der Waals surface area (Å²) in [6.07, 6.45) is 8.38. The van der Waals surface area contributed by atoms with Crippen LogP contribution in [-0.2, 0) is 27.4 Å². The van der Waals surface area contributed by atoms with Crippen molar-refractivity contribution in [2.24, 2.45) is 5.92 Å². The molecule has 0 spiro atoms. The molecule has 0 bridgehead atoms. The van der Waals surface area contributed by atoms with E-state index < -0.39 is 0 Å². The number of ether oxygens (including phenoxy) is 1. The smallest absolute Gasteiger partial charge is 0.223 e. The molecule has 1 fully saturated rings. The van der Waals surface area contributed by atoms with Crippen LogP contribution >= 0.6 is 0 Å². The average molecular weight is 402 g/mol. The number of nitrogens with zero attached hydrogens (tertiary/aromatic N) is 3. The van der Waals surface area contributed by atoms with Crippen molar-refractivity contribution in [3.05, 3.63) is 36.4 Å². The van der Waals surface area contributed by atoms with Gasteiger partial charge in [0.05, 0.1) is 24.4 Å². The Morgan fingerprint density at radius 2 is 2.24 bits per heavy atom. The molecule has 2 amide bonds. The van der Waals surface area contributed by atoms with Crippen molar-refractivity contribution in [1.82, 2.24) is 30.6 Å². The number of amides is 2. The predicted molar refractivity (Wildman–Crippen MR) is 107 cm³/mol. The highest BCUT2D eigenvalue weighted by molar-refractivity contribution is 5.79. The fraction of sp³-hybridized carbons (Fsp3) is 0.600. The Bertz CT molecular complexity index is 746. The predicted octanol–water partition coefficient (Wildman–Crippen LogP) is 1.39. The van der Waals surface area contributed by atoms with E-state index >= 15 is 0 Å². The molecule has 9 nitrogen and oxygen atoms in total. The first-order valence-electron chi connectivity index (χ1n) is 10.3. The van der Waals surface area contributed by atoms with Gasteiger partial charge in [0, 0.05) is 44.1 Å². The third-order valence-electron chi connectivity index (χ3n) is 5.18. The Labute approximate surface area is 170 Å². The number of H-pyrrole nitrogens is 1. The first-order valence-corrected chi connectivity index (χ1v) is 10.3. The summed E-state index contributed by atoms with van der Waals surface area (Å²) in [6, 6.07) is 3.61. The Morgan fingerprint density at radius 1 is 1.34 bits per heavy atom. The molecule has 0 unspecified atom stereocenters. The molecule has 29 heavy (non-hydrogen) atoms. The minimum Gasteiger partial charge on any atom is -0.376 e. The van der Waals surface area contributed by atoms with Crippen molar-refractivity contribution in [2.45, 2.75) is 64.3 Å². The van der Waals surface area contributed by atoms with Crippen LogP contribution in [0.2, 0.25) is 0 Å². The molecule has 9 heteroatoms. The fourth-order valence-corrected chi connectivity index (χ4v) is 3.62. The number of carbonyl (C=O) groups is 2. The zero-order valence-corrected chi connectivity index (χ0v) is 16.8. The quantitative estimate of drug-likeness (QED) is 0.556. The number of rotatable bonds is 10. The summed E-state index contributed by atoms with van der Waals surface area (Å²) in [7, 11) is 0. The highest BCUT2D eigenvalue weighted by Gasteiger charge is 2.35. The monoisotopic (exact) mass is 402 g/mol. The third kappa shape index (κ3) is 6.42. The van der Waals surface area contributed by atoms with Crippen LogP contribution in [0.3, 0.4) is 0 Å². The molecule has 2 aromatic heterocycles. The maximum Gasteiger partial charge on any atom is 0.223 e. The molecule has 1 aliphatic rings. The molecule has 0 aliphatic heterocycles. The number of hydrogen-bond acceptors (Lipinski definition) is 5. The fourth-order valence-electron chi connectivity index (χ4n) is 3.62. The zero-order valence-electron chi connectivity index (χ0n) is 16.8. The molecule has 0 aromatic carbocycles. The number of aryl methyl sites for hydroxylation is 1. The van der Waals surface area contributed by atoms with Gasteiger partial charge in [-0.25, -0.2) is 0 Å². The van der Waals surface area contributed by atoms with Crippen molar-refractivity contribution in [1.29, 1.82) is 0 Å². The summed E-state index contributed by atoms with van der Waals surface area (Å²) >= 11 is 0. The van der Waals surface area contributed by atoms with E-state index in [1.165, 1.54) is 0 Å². The molecule has 3 rings (SSSR count). The van der Waals surface area contributed by atoms with Gasteiger partial charge in [0.15, 0.2) is 0 Å². The standard InChI is InChI=1S/C20H30N6O3/c1-2-12-29-18-13-15(20(28)21-14-16-6-9-22-25-16)4-5-17(18)24-19(27)7-11-26-10-3-8-23-26/h3,6,8-10,15,17-18H,2,4-5,7,11-14H2,1H3,(H,21,28)(H,22,25)(H,24,27)/t15-,17+,18+/m0/s1. The molecule has 2 heterocycles. The van der Waals surface area contributed by atoms with Crippen LogP contribution < -0.4 is 10.6 Å². The van der Waals surface area contributed by atoms with Gasteiger partial charge in [0.25, 0.3) is 0 Å². The molecule has 0 saturated heterocycles. The van der Waals surface area contributed by atoms with Crippen molar-refractivity contribution in [2.75, 3.05) is 6.61 Å². The number of aromatic nitrogens is 4. The normalized spacial score (nSPS) is 21.6. The Balaban J connectivity index is 1.49. The van der Waals surface area contributed by atoms with E-state index in [1.54, 1.807) is 17.1 Å². The molecule has 158 valence electrons. The molecule has 3 atom stereocenters.